The number of carbonyl (C=O) groups is 1. The van der Waals surface area contributed by atoms with Gasteiger partial charge in [0.15, 0.2) is 5.82 Å². The number of hydrogen-bond acceptors (Lipinski definition) is 4. The van der Waals surface area contributed by atoms with E-state index in [4.69, 9.17) is 4.74 Å². The molecule has 0 saturated heterocycles. The predicted octanol–water partition coefficient (Wildman–Crippen LogP) is 3.03. The molecule has 1 aromatic carbocycles. The number of carbonyl (C=O) groups excluding carboxylic acids is 1. The van der Waals surface area contributed by atoms with Gasteiger partial charge >= 0.3 is 6.03 Å². The molecule has 3 rings (SSSR count). The Hall–Kier alpha value is -2.41. The van der Waals surface area contributed by atoms with E-state index in [9.17, 15) is 4.79 Å². The average molecular weight is 343 g/mol. The van der Waals surface area contributed by atoms with E-state index in [2.05, 4.69) is 20.7 Å². The van der Waals surface area contributed by atoms with Crippen molar-refractivity contribution in [3.05, 3.63) is 41.5 Å². The molecule has 0 radical (unpaired) electrons. The van der Waals surface area contributed by atoms with Gasteiger partial charge in [0.1, 0.15) is 5.82 Å². The fraction of sp³-hybridized carbons (Fsp3) is 0.500. The Bertz CT molecular complexity index is 711. The van der Waals surface area contributed by atoms with E-state index < -0.39 is 0 Å². The summed E-state index contributed by atoms with van der Waals surface area (Å²) in [5.74, 6) is 1.68. The molecule has 2 N–H and O–H groups in total. The Morgan fingerprint density at radius 1 is 1.32 bits per heavy atom. The van der Waals surface area contributed by atoms with Gasteiger partial charge in [0, 0.05) is 25.3 Å². The number of ether oxygens (including phenoxy) is 1. The summed E-state index contributed by atoms with van der Waals surface area (Å²) in [7, 11) is 0. The first-order chi connectivity index (χ1) is 12.2. The molecule has 0 saturated carbocycles. The molecule has 7 heteroatoms. The number of anilines is 1. The molecule has 1 aliphatic heterocycles. The summed E-state index contributed by atoms with van der Waals surface area (Å²) in [6.45, 7) is 6.14. The molecule has 1 unspecified atom stereocenters. The molecule has 2 heterocycles. The molecule has 0 aliphatic carbocycles. The molecule has 1 aromatic heterocycles. The van der Waals surface area contributed by atoms with E-state index in [1.165, 1.54) is 0 Å². The zero-order valence-corrected chi connectivity index (χ0v) is 14.8. The van der Waals surface area contributed by atoms with Crippen LogP contribution in [0.5, 0.6) is 0 Å². The van der Waals surface area contributed by atoms with Crippen LogP contribution in [0.4, 0.5) is 10.5 Å². The third-order valence-corrected chi connectivity index (χ3v) is 4.22. The number of aromatic nitrogens is 3. The molecule has 1 atom stereocenters. The SMILES string of the molecule is CCOCc1ccc(NC(=O)NC2CCCn3nc(CC)nc32)cc1. The summed E-state index contributed by atoms with van der Waals surface area (Å²) in [5, 5.41) is 10.4. The number of amides is 2. The average Bonchev–Trinajstić information content (AvgIpc) is 3.05. The predicted molar refractivity (Wildman–Crippen MR) is 95.3 cm³/mol. The number of fused-ring (bicyclic) bond motifs is 1. The van der Waals surface area contributed by atoms with Crippen LogP contribution in [-0.2, 0) is 24.3 Å². The lowest BCUT2D eigenvalue weighted by atomic mass is 10.1. The van der Waals surface area contributed by atoms with Gasteiger partial charge < -0.3 is 15.4 Å². The topological polar surface area (TPSA) is 81.1 Å². The van der Waals surface area contributed by atoms with Crippen LogP contribution in [0.2, 0.25) is 0 Å². The summed E-state index contributed by atoms with van der Waals surface area (Å²) in [5.41, 5.74) is 1.84. The largest absolute Gasteiger partial charge is 0.377 e. The minimum atomic E-state index is -0.225. The van der Waals surface area contributed by atoms with Gasteiger partial charge in [-0.05, 0) is 37.5 Å². The van der Waals surface area contributed by atoms with Gasteiger partial charge in [-0.25, -0.2) is 14.5 Å². The first-order valence-corrected chi connectivity index (χ1v) is 8.87. The fourth-order valence-corrected chi connectivity index (χ4v) is 2.92. The Labute approximate surface area is 147 Å². The number of nitrogens with one attached hydrogen (secondary N) is 2. The van der Waals surface area contributed by atoms with Crippen LogP contribution < -0.4 is 10.6 Å². The standard InChI is InChI=1S/C18H25N5O2/c1-3-16-21-17-15(6-5-11-23(17)22-16)20-18(24)19-14-9-7-13(8-10-14)12-25-4-2/h7-10,15H,3-6,11-12H2,1-2H3,(H2,19,20,24). The maximum atomic E-state index is 12.3. The van der Waals surface area contributed by atoms with Crippen LogP contribution >= 0.6 is 0 Å². The van der Waals surface area contributed by atoms with Gasteiger partial charge in [0.05, 0.1) is 12.6 Å². The van der Waals surface area contributed by atoms with Crippen LogP contribution in [-0.4, -0.2) is 27.4 Å². The molecular weight excluding hydrogens is 318 g/mol. The second kappa shape index (κ2) is 8.11. The number of aryl methyl sites for hydroxylation is 2. The van der Waals surface area contributed by atoms with Gasteiger partial charge in [0.25, 0.3) is 0 Å². The molecule has 7 nitrogen and oxygen atoms in total. The van der Waals surface area contributed by atoms with Gasteiger partial charge in [-0.2, -0.15) is 5.10 Å². The highest BCUT2D eigenvalue weighted by Gasteiger charge is 2.25. The monoisotopic (exact) mass is 343 g/mol. The number of hydrogen-bond donors (Lipinski definition) is 2. The van der Waals surface area contributed by atoms with Crippen molar-refractivity contribution in [2.45, 2.75) is 52.3 Å². The minimum absolute atomic E-state index is 0.0984. The maximum Gasteiger partial charge on any atom is 0.319 e. The Balaban J connectivity index is 1.59. The van der Waals surface area contributed by atoms with E-state index in [0.29, 0.717) is 13.2 Å². The fourth-order valence-electron chi connectivity index (χ4n) is 2.92. The van der Waals surface area contributed by atoms with Crippen molar-refractivity contribution in [1.82, 2.24) is 20.1 Å². The number of urea groups is 1. The number of nitrogens with zero attached hydrogens (tertiary/aromatic N) is 3. The van der Waals surface area contributed by atoms with E-state index in [0.717, 1.165) is 48.7 Å². The Morgan fingerprint density at radius 2 is 2.12 bits per heavy atom. The molecule has 0 fully saturated rings. The minimum Gasteiger partial charge on any atom is -0.377 e. The lowest BCUT2D eigenvalue weighted by molar-refractivity contribution is 0.134. The molecule has 2 aromatic rings. The van der Waals surface area contributed by atoms with Gasteiger partial charge in [-0.1, -0.05) is 19.1 Å². The van der Waals surface area contributed by atoms with Crippen molar-refractivity contribution < 1.29 is 9.53 Å². The highest BCUT2D eigenvalue weighted by Crippen LogP contribution is 2.23. The van der Waals surface area contributed by atoms with E-state index in [-0.39, 0.29) is 12.1 Å². The molecule has 1 aliphatic rings. The molecule has 2 amide bonds. The quantitative estimate of drug-likeness (QED) is 0.845. The normalized spacial score (nSPS) is 16.3. The number of benzene rings is 1. The molecule has 25 heavy (non-hydrogen) atoms. The lowest BCUT2D eigenvalue weighted by Crippen LogP contribution is -2.36. The van der Waals surface area contributed by atoms with E-state index in [1.807, 2.05) is 42.8 Å². The van der Waals surface area contributed by atoms with E-state index in [1.54, 1.807) is 0 Å². The van der Waals surface area contributed by atoms with Gasteiger partial charge in [-0.3, -0.25) is 0 Å². The summed E-state index contributed by atoms with van der Waals surface area (Å²) in [4.78, 5) is 16.9. The maximum absolute atomic E-state index is 12.3. The third kappa shape index (κ3) is 4.36. The van der Waals surface area contributed by atoms with Crippen molar-refractivity contribution in [3.8, 4) is 0 Å². The van der Waals surface area contributed by atoms with Crippen LogP contribution in [0.3, 0.4) is 0 Å². The van der Waals surface area contributed by atoms with Crippen molar-refractivity contribution in [3.63, 3.8) is 0 Å². The molecule has 0 spiro atoms. The van der Waals surface area contributed by atoms with Crippen molar-refractivity contribution in [2.24, 2.45) is 0 Å². The third-order valence-electron chi connectivity index (χ3n) is 4.22. The van der Waals surface area contributed by atoms with Crippen molar-refractivity contribution >= 4 is 11.7 Å². The van der Waals surface area contributed by atoms with Crippen LogP contribution in [0, 0.1) is 0 Å². The summed E-state index contributed by atoms with van der Waals surface area (Å²) >= 11 is 0. The Morgan fingerprint density at radius 3 is 2.84 bits per heavy atom. The van der Waals surface area contributed by atoms with E-state index >= 15 is 0 Å². The molecule has 134 valence electrons. The zero-order valence-electron chi connectivity index (χ0n) is 14.8. The Kier molecular flexibility index (Phi) is 5.65. The molecule has 0 bridgehead atoms. The van der Waals surface area contributed by atoms with Crippen LogP contribution in [0.15, 0.2) is 24.3 Å². The number of rotatable bonds is 6. The summed E-state index contributed by atoms with van der Waals surface area (Å²) in [6.07, 6.45) is 2.66. The van der Waals surface area contributed by atoms with Crippen LogP contribution in [0.1, 0.15) is 49.9 Å². The second-order valence-corrected chi connectivity index (χ2v) is 6.09. The van der Waals surface area contributed by atoms with Gasteiger partial charge in [0.2, 0.25) is 0 Å². The van der Waals surface area contributed by atoms with Crippen LogP contribution in [0.25, 0.3) is 0 Å². The summed E-state index contributed by atoms with van der Waals surface area (Å²) in [6, 6.07) is 7.35. The highest BCUT2D eigenvalue weighted by molar-refractivity contribution is 5.89. The zero-order chi connectivity index (χ0) is 17.6. The highest BCUT2D eigenvalue weighted by atomic mass is 16.5. The first kappa shape index (κ1) is 17.4. The second-order valence-electron chi connectivity index (χ2n) is 6.09. The molecular formula is C18H25N5O2. The lowest BCUT2D eigenvalue weighted by Gasteiger charge is -2.23. The summed E-state index contributed by atoms with van der Waals surface area (Å²) < 4.78 is 7.28. The first-order valence-electron chi connectivity index (χ1n) is 8.87. The van der Waals surface area contributed by atoms with Crippen molar-refractivity contribution in [2.75, 3.05) is 11.9 Å². The van der Waals surface area contributed by atoms with Gasteiger partial charge in [-0.15, -0.1) is 0 Å². The van der Waals surface area contributed by atoms with Crippen molar-refractivity contribution in [1.29, 1.82) is 0 Å². The smallest absolute Gasteiger partial charge is 0.319 e.